The molecule has 0 spiro atoms. The third-order valence-electron chi connectivity index (χ3n) is 3.85. The molecular weight excluding hydrogens is 251 g/mol. The van der Waals surface area contributed by atoms with Gasteiger partial charge in [0, 0.05) is 24.7 Å². The van der Waals surface area contributed by atoms with E-state index in [0.717, 1.165) is 13.0 Å². The van der Waals surface area contributed by atoms with E-state index in [0.29, 0.717) is 30.6 Å². The van der Waals surface area contributed by atoms with Crippen LogP contribution in [0.5, 0.6) is 0 Å². The lowest BCUT2D eigenvalue weighted by Gasteiger charge is -2.37. The molecule has 0 amide bonds. The van der Waals surface area contributed by atoms with Crippen LogP contribution in [0, 0.1) is 11.7 Å². The molecule has 18 heavy (non-hydrogen) atoms. The van der Waals surface area contributed by atoms with Gasteiger partial charge in [-0.05, 0) is 38.3 Å². The van der Waals surface area contributed by atoms with Crippen molar-refractivity contribution in [2.45, 2.75) is 32.4 Å². The average Bonchev–Trinajstić information content (AvgIpc) is 2.37. The fourth-order valence-electron chi connectivity index (χ4n) is 2.56. The second-order valence-electron chi connectivity index (χ2n) is 5.17. The van der Waals surface area contributed by atoms with Crippen molar-refractivity contribution < 1.29 is 4.39 Å². The Morgan fingerprint density at radius 1 is 1.44 bits per heavy atom. The number of benzene rings is 1. The minimum absolute atomic E-state index is 0.201. The zero-order chi connectivity index (χ0) is 13.1. The Hall–Kier alpha value is -0.640. The maximum absolute atomic E-state index is 13.9. The number of rotatable bonds is 3. The van der Waals surface area contributed by atoms with Gasteiger partial charge in [0.05, 0.1) is 5.02 Å². The van der Waals surface area contributed by atoms with Gasteiger partial charge in [-0.25, -0.2) is 4.39 Å². The summed E-state index contributed by atoms with van der Waals surface area (Å²) in [5, 5.41) is 0.201. The Bertz CT molecular complexity index is 411. The third-order valence-corrected chi connectivity index (χ3v) is 4.14. The molecule has 2 atom stereocenters. The van der Waals surface area contributed by atoms with Crippen LogP contribution in [0.1, 0.15) is 25.3 Å². The summed E-state index contributed by atoms with van der Waals surface area (Å²) < 4.78 is 13.9. The Morgan fingerprint density at radius 2 is 2.22 bits per heavy atom. The van der Waals surface area contributed by atoms with Crippen molar-refractivity contribution in [1.29, 1.82) is 0 Å². The first kappa shape index (κ1) is 13.8. The number of halogens is 2. The van der Waals surface area contributed by atoms with E-state index in [1.165, 1.54) is 6.42 Å². The highest BCUT2D eigenvalue weighted by Gasteiger charge is 2.25. The van der Waals surface area contributed by atoms with Crippen molar-refractivity contribution in [2.24, 2.45) is 11.7 Å². The van der Waals surface area contributed by atoms with Crippen LogP contribution in [0.25, 0.3) is 0 Å². The minimum Gasteiger partial charge on any atom is -0.330 e. The first-order valence-corrected chi connectivity index (χ1v) is 6.86. The zero-order valence-corrected chi connectivity index (χ0v) is 11.5. The molecule has 1 fully saturated rings. The molecule has 100 valence electrons. The van der Waals surface area contributed by atoms with E-state index in [1.807, 2.05) is 0 Å². The normalized spacial score (nSPS) is 25.3. The van der Waals surface area contributed by atoms with Crippen molar-refractivity contribution in [3.8, 4) is 0 Å². The number of nitrogens with zero attached hydrogens (tertiary/aromatic N) is 1. The van der Waals surface area contributed by atoms with Crippen LogP contribution in [-0.4, -0.2) is 24.0 Å². The van der Waals surface area contributed by atoms with E-state index in [2.05, 4.69) is 11.8 Å². The summed E-state index contributed by atoms with van der Waals surface area (Å²) in [6, 6.07) is 5.67. The van der Waals surface area contributed by atoms with Gasteiger partial charge in [0.15, 0.2) is 0 Å². The number of hydrogen-bond acceptors (Lipinski definition) is 2. The van der Waals surface area contributed by atoms with Gasteiger partial charge in [-0.3, -0.25) is 4.90 Å². The predicted octanol–water partition coefficient (Wildman–Crippen LogP) is 3.04. The molecule has 1 aliphatic rings. The molecule has 1 aromatic rings. The minimum atomic E-state index is -0.291. The molecule has 0 radical (unpaired) electrons. The van der Waals surface area contributed by atoms with Crippen molar-refractivity contribution in [3.05, 3.63) is 34.6 Å². The Balaban J connectivity index is 2.09. The average molecular weight is 271 g/mol. The predicted molar refractivity (Wildman–Crippen MR) is 73.1 cm³/mol. The molecule has 0 aliphatic carbocycles. The largest absolute Gasteiger partial charge is 0.330 e. The summed E-state index contributed by atoms with van der Waals surface area (Å²) in [6.07, 6.45) is 2.30. The molecule has 2 rings (SSSR count). The van der Waals surface area contributed by atoms with E-state index < -0.39 is 0 Å². The fraction of sp³-hybridized carbons (Fsp3) is 0.571. The van der Waals surface area contributed by atoms with Crippen molar-refractivity contribution in [2.75, 3.05) is 13.1 Å². The maximum atomic E-state index is 13.9. The fourth-order valence-corrected chi connectivity index (χ4v) is 2.76. The Kier molecular flexibility index (Phi) is 4.60. The van der Waals surface area contributed by atoms with Crippen LogP contribution >= 0.6 is 11.6 Å². The first-order valence-electron chi connectivity index (χ1n) is 6.48. The first-order chi connectivity index (χ1) is 8.61. The summed E-state index contributed by atoms with van der Waals surface area (Å²) in [5.41, 5.74) is 6.41. The quantitative estimate of drug-likeness (QED) is 0.915. The molecule has 0 aromatic heterocycles. The zero-order valence-electron chi connectivity index (χ0n) is 10.7. The summed E-state index contributed by atoms with van der Waals surface area (Å²) in [5.74, 6) is 0.240. The lowest BCUT2D eigenvalue weighted by molar-refractivity contribution is 0.112. The topological polar surface area (TPSA) is 29.3 Å². The molecule has 0 saturated carbocycles. The molecule has 2 N–H and O–H groups in total. The molecule has 1 heterocycles. The van der Waals surface area contributed by atoms with Gasteiger partial charge in [0.25, 0.3) is 0 Å². The maximum Gasteiger partial charge on any atom is 0.146 e. The standard InChI is InChI=1S/C14H20ClFN2/c1-10-5-6-11(7-17)8-18(10)9-12-3-2-4-13(15)14(12)16/h2-4,10-11H,5-9,17H2,1H3. The lowest BCUT2D eigenvalue weighted by Crippen LogP contribution is -2.43. The van der Waals surface area contributed by atoms with Gasteiger partial charge < -0.3 is 5.73 Å². The summed E-state index contributed by atoms with van der Waals surface area (Å²) in [6.45, 7) is 4.46. The molecule has 1 aromatic carbocycles. The van der Waals surface area contributed by atoms with Gasteiger partial charge in [-0.15, -0.1) is 0 Å². The van der Waals surface area contributed by atoms with Crippen LogP contribution < -0.4 is 5.73 Å². The van der Waals surface area contributed by atoms with E-state index >= 15 is 0 Å². The summed E-state index contributed by atoms with van der Waals surface area (Å²) in [4.78, 5) is 2.30. The second-order valence-corrected chi connectivity index (χ2v) is 5.58. The monoisotopic (exact) mass is 270 g/mol. The molecule has 0 bridgehead atoms. The SMILES string of the molecule is CC1CCC(CN)CN1Cc1cccc(Cl)c1F. The van der Waals surface area contributed by atoms with Gasteiger partial charge in [0.2, 0.25) is 0 Å². The number of piperidine rings is 1. The van der Waals surface area contributed by atoms with E-state index in [4.69, 9.17) is 17.3 Å². The summed E-state index contributed by atoms with van der Waals surface area (Å²) >= 11 is 5.81. The molecule has 2 unspecified atom stereocenters. The van der Waals surface area contributed by atoms with Crippen LogP contribution in [0.15, 0.2) is 18.2 Å². The van der Waals surface area contributed by atoms with Crippen molar-refractivity contribution in [3.63, 3.8) is 0 Å². The van der Waals surface area contributed by atoms with Gasteiger partial charge in [-0.1, -0.05) is 23.7 Å². The smallest absolute Gasteiger partial charge is 0.146 e. The van der Waals surface area contributed by atoms with Gasteiger partial charge in [-0.2, -0.15) is 0 Å². The highest BCUT2D eigenvalue weighted by Crippen LogP contribution is 2.25. The molecule has 1 aliphatic heterocycles. The Morgan fingerprint density at radius 3 is 2.94 bits per heavy atom. The highest BCUT2D eigenvalue weighted by atomic mass is 35.5. The highest BCUT2D eigenvalue weighted by molar-refractivity contribution is 6.30. The lowest BCUT2D eigenvalue weighted by atomic mass is 9.93. The molecule has 2 nitrogen and oxygen atoms in total. The number of hydrogen-bond donors (Lipinski definition) is 1. The van der Waals surface area contributed by atoms with Gasteiger partial charge >= 0.3 is 0 Å². The molecule has 1 saturated heterocycles. The van der Waals surface area contributed by atoms with Crippen LogP contribution in [0.3, 0.4) is 0 Å². The van der Waals surface area contributed by atoms with E-state index in [-0.39, 0.29) is 10.8 Å². The van der Waals surface area contributed by atoms with Crippen LogP contribution in [0.4, 0.5) is 4.39 Å². The van der Waals surface area contributed by atoms with Crippen molar-refractivity contribution >= 4 is 11.6 Å². The van der Waals surface area contributed by atoms with Gasteiger partial charge in [0.1, 0.15) is 5.82 Å². The summed E-state index contributed by atoms with van der Waals surface area (Å²) in [7, 11) is 0. The van der Waals surface area contributed by atoms with Crippen molar-refractivity contribution in [1.82, 2.24) is 4.90 Å². The molecule has 4 heteroatoms. The number of nitrogens with two attached hydrogens (primary N) is 1. The van der Waals surface area contributed by atoms with E-state index in [1.54, 1.807) is 18.2 Å². The van der Waals surface area contributed by atoms with E-state index in [9.17, 15) is 4.39 Å². The third kappa shape index (κ3) is 3.02. The van der Waals surface area contributed by atoms with Crippen LogP contribution in [0.2, 0.25) is 5.02 Å². The number of likely N-dealkylation sites (tertiary alicyclic amines) is 1. The van der Waals surface area contributed by atoms with Crippen LogP contribution in [-0.2, 0) is 6.54 Å². The second kappa shape index (κ2) is 6.00. The Labute approximate surface area is 113 Å². The molecular formula is C14H20ClFN2.